The third-order valence-electron chi connectivity index (χ3n) is 7.08. The Hall–Kier alpha value is -3.29. The molecule has 3 aliphatic rings. The molecule has 8 nitrogen and oxygen atoms in total. The molecule has 0 radical (unpaired) electrons. The maximum absolute atomic E-state index is 13.7. The summed E-state index contributed by atoms with van der Waals surface area (Å²) in [5, 5.41) is 13.7. The summed E-state index contributed by atoms with van der Waals surface area (Å²) in [6.07, 6.45) is 3.94. The summed E-state index contributed by atoms with van der Waals surface area (Å²) in [5.41, 5.74) is 2.45. The quantitative estimate of drug-likeness (QED) is 0.498. The first-order valence-corrected chi connectivity index (χ1v) is 11.7. The maximum atomic E-state index is 13.7. The van der Waals surface area contributed by atoms with Crippen molar-refractivity contribution in [2.45, 2.75) is 58.0 Å². The van der Waals surface area contributed by atoms with Gasteiger partial charge < -0.3 is 24.6 Å². The van der Waals surface area contributed by atoms with Gasteiger partial charge in [-0.1, -0.05) is 13.0 Å². The van der Waals surface area contributed by atoms with Crippen LogP contribution in [-0.4, -0.2) is 43.2 Å². The molecule has 8 heteroatoms. The number of ketones is 1. The van der Waals surface area contributed by atoms with Gasteiger partial charge in [-0.25, -0.2) is 4.79 Å². The minimum Gasteiger partial charge on any atom is -0.504 e. The lowest BCUT2D eigenvalue weighted by Crippen LogP contribution is -2.43. The second-order valence-corrected chi connectivity index (χ2v) is 9.28. The van der Waals surface area contributed by atoms with E-state index in [2.05, 4.69) is 5.32 Å². The number of phenolic OH excluding ortho intramolecular Hbond substituents is 1. The van der Waals surface area contributed by atoms with Gasteiger partial charge in [0.25, 0.3) is 0 Å². The average Bonchev–Trinajstić information content (AvgIpc) is 3.30. The molecular weight excluding hydrogens is 438 g/mol. The molecule has 0 bridgehead atoms. The number of aromatic hydroxyl groups is 1. The Labute approximate surface area is 199 Å². The zero-order valence-electron chi connectivity index (χ0n) is 20.0. The molecule has 1 aliphatic heterocycles. The van der Waals surface area contributed by atoms with Crippen molar-refractivity contribution in [3.05, 3.63) is 46.3 Å². The number of hydrogen-bond acceptors (Lipinski definition) is 8. The number of methoxy groups -OCH3 is 2. The largest absolute Gasteiger partial charge is 0.504 e. The fourth-order valence-corrected chi connectivity index (χ4v) is 5.39. The normalized spacial score (nSPS) is 25.1. The van der Waals surface area contributed by atoms with E-state index in [1.165, 1.54) is 20.3 Å². The van der Waals surface area contributed by atoms with Crippen LogP contribution in [0.15, 0.2) is 40.7 Å². The summed E-state index contributed by atoms with van der Waals surface area (Å²) in [4.78, 5) is 39.7. The predicted molar refractivity (Wildman–Crippen MR) is 123 cm³/mol. The van der Waals surface area contributed by atoms with E-state index in [1.807, 2.05) is 6.92 Å². The number of carbonyl (C=O) groups is 3. The standard InChI is InChI=1S/C26H31NO7/c1-13-11-17-23(24(29)20(13)25(30)33-4)22(15-9-10-19(32-3)18(28)12-15)21(14(2)27-17)26(31)34-16-7-5-6-8-16/h9-10,12-13,16,20,22,27-28H,5-8,11H2,1-4H3/t13-,20+,22+/m0/s1. The molecule has 1 aromatic rings. The van der Waals surface area contributed by atoms with Crippen LogP contribution in [0.25, 0.3) is 0 Å². The Balaban J connectivity index is 1.83. The van der Waals surface area contributed by atoms with E-state index in [1.54, 1.807) is 19.1 Å². The highest BCUT2D eigenvalue weighted by molar-refractivity contribution is 6.12. The number of allylic oxidation sites excluding steroid dienone is 3. The van der Waals surface area contributed by atoms with Crippen LogP contribution in [0, 0.1) is 11.8 Å². The molecule has 34 heavy (non-hydrogen) atoms. The number of carbonyl (C=O) groups excluding carboxylic acids is 3. The number of Topliss-reactive ketones (excluding diaryl/α,β-unsaturated/α-hetero) is 1. The van der Waals surface area contributed by atoms with Crippen molar-refractivity contribution in [2.24, 2.45) is 11.8 Å². The SMILES string of the molecule is COC(=O)[C@H]1C(=O)C2=C(C[C@@H]1C)NC(C)=C(C(=O)OC1CCCC1)[C@H]2c1ccc(OC)c(O)c1. The van der Waals surface area contributed by atoms with Gasteiger partial charge >= 0.3 is 11.9 Å². The lowest BCUT2D eigenvalue weighted by atomic mass is 9.69. The van der Waals surface area contributed by atoms with Gasteiger partial charge in [-0.15, -0.1) is 0 Å². The third-order valence-corrected chi connectivity index (χ3v) is 7.08. The zero-order chi connectivity index (χ0) is 24.6. The predicted octanol–water partition coefficient (Wildman–Crippen LogP) is 3.50. The number of phenols is 1. The number of nitrogens with one attached hydrogen (secondary N) is 1. The molecule has 0 saturated heterocycles. The molecule has 1 fully saturated rings. The highest BCUT2D eigenvalue weighted by Gasteiger charge is 2.47. The molecule has 0 aromatic heterocycles. The van der Waals surface area contributed by atoms with Gasteiger partial charge in [0.1, 0.15) is 12.0 Å². The van der Waals surface area contributed by atoms with E-state index in [0.717, 1.165) is 25.7 Å². The number of benzene rings is 1. The van der Waals surface area contributed by atoms with Gasteiger partial charge in [0.05, 0.1) is 19.8 Å². The van der Waals surface area contributed by atoms with Crippen LogP contribution < -0.4 is 10.1 Å². The highest BCUT2D eigenvalue weighted by Crippen LogP contribution is 2.47. The molecule has 0 spiro atoms. The Kier molecular flexibility index (Phi) is 6.68. The Morgan fingerprint density at radius 3 is 2.47 bits per heavy atom. The molecule has 2 N–H and O–H groups in total. The minimum absolute atomic E-state index is 0.108. The summed E-state index contributed by atoms with van der Waals surface area (Å²) in [7, 11) is 2.71. The number of ether oxygens (including phenoxy) is 3. The molecule has 182 valence electrons. The van der Waals surface area contributed by atoms with Crippen LogP contribution in [0.4, 0.5) is 0 Å². The van der Waals surface area contributed by atoms with E-state index in [0.29, 0.717) is 34.5 Å². The van der Waals surface area contributed by atoms with Crippen molar-refractivity contribution in [1.29, 1.82) is 0 Å². The van der Waals surface area contributed by atoms with E-state index >= 15 is 0 Å². The number of rotatable bonds is 5. The van der Waals surface area contributed by atoms with Crippen LogP contribution in [-0.2, 0) is 23.9 Å². The first kappa shape index (κ1) is 23.9. The monoisotopic (exact) mass is 469 g/mol. The summed E-state index contributed by atoms with van der Waals surface area (Å²) in [6, 6.07) is 4.80. The van der Waals surface area contributed by atoms with E-state index in [9.17, 15) is 19.5 Å². The highest BCUT2D eigenvalue weighted by atomic mass is 16.5. The first-order valence-electron chi connectivity index (χ1n) is 11.7. The van der Waals surface area contributed by atoms with Gasteiger partial charge in [-0.05, 0) is 62.6 Å². The smallest absolute Gasteiger partial charge is 0.337 e. The first-order chi connectivity index (χ1) is 16.3. The topological polar surface area (TPSA) is 111 Å². The Bertz CT molecular complexity index is 1080. The molecule has 2 aliphatic carbocycles. The number of esters is 2. The maximum Gasteiger partial charge on any atom is 0.337 e. The van der Waals surface area contributed by atoms with Crippen LogP contribution in [0.3, 0.4) is 0 Å². The number of dihydropyridines is 1. The summed E-state index contributed by atoms with van der Waals surface area (Å²) >= 11 is 0. The van der Waals surface area contributed by atoms with Crippen LogP contribution in [0.2, 0.25) is 0 Å². The van der Waals surface area contributed by atoms with E-state index in [4.69, 9.17) is 14.2 Å². The van der Waals surface area contributed by atoms with Crippen LogP contribution in [0.1, 0.15) is 57.4 Å². The lowest BCUT2D eigenvalue weighted by Gasteiger charge is -2.38. The fourth-order valence-electron chi connectivity index (χ4n) is 5.39. The van der Waals surface area contributed by atoms with Crippen LogP contribution in [0.5, 0.6) is 11.5 Å². The van der Waals surface area contributed by atoms with E-state index < -0.39 is 23.8 Å². The fraction of sp³-hybridized carbons (Fsp3) is 0.500. The van der Waals surface area contributed by atoms with Crippen molar-refractivity contribution in [2.75, 3.05) is 14.2 Å². The second kappa shape index (κ2) is 9.52. The summed E-state index contributed by atoms with van der Waals surface area (Å²) in [6.45, 7) is 3.62. The number of hydrogen-bond donors (Lipinski definition) is 2. The molecular formula is C26H31NO7. The third kappa shape index (κ3) is 4.17. The van der Waals surface area contributed by atoms with Crippen molar-refractivity contribution < 1.29 is 33.7 Å². The average molecular weight is 470 g/mol. The zero-order valence-corrected chi connectivity index (χ0v) is 20.0. The lowest BCUT2D eigenvalue weighted by molar-refractivity contribution is -0.151. The second-order valence-electron chi connectivity index (χ2n) is 9.28. The molecule has 1 heterocycles. The summed E-state index contributed by atoms with van der Waals surface area (Å²) in [5.74, 6) is -3.34. The van der Waals surface area contributed by atoms with Crippen molar-refractivity contribution in [1.82, 2.24) is 5.32 Å². The van der Waals surface area contributed by atoms with Gasteiger partial charge in [0.15, 0.2) is 17.3 Å². The van der Waals surface area contributed by atoms with Gasteiger partial charge in [-0.3, -0.25) is 9.59 Å². The van der Waals surface area contributed by atoms with Crippen molar-refractivity contribution >= 4 is 17.7 Å². The Morgan fingerprint density at radius 1 is 1.15 bits per heavy atom. The molecule has 3 atom stereocenters. The van der Waals surface area contributed by atoms with Gasteiger partial charge in [0, 0.05) is 22.9 Å². The summed E-state index contributed by atoms with van der Waals surface area (Å²) < 4.78 is 15.9. The minimum atomic E-state index is -0.967. The molecule has 0 amide bonds. The van der Waals surface area contributed by atoms with Gasteiger partial charge in [0.2, 0.25) is 0 Å². The van der Waals surface area contributed by atoms with Crippen molar-refractivity contribution in [3.63, 3.8) is 0 Å². The molecule has 1 saturated carbocycles. The molecule has 1 aromatic carbocycles. The molecule has 0 unspecified atom stereocenters. The van der Waals surface area contributed by atoms with Gasteiger partial charge in [-0.2, -0.15) is 0 Å². The van der Waals surface area contributed by atoms with Crippen LogP contribution >= 0.6 is 0 Å². The van der Waals surface area contributed by atoms with Crippen molar-refractivity contribution in [3.8, 4) is 11.5 Å². The Morgan fingerprint density at radius 2 is 1.85 bits per heavy atom. The van der Waals surface area contributed by atoms with E-state index in [-0.39, 0.29) is 29.3 Å². The molecule has 4 rings (SSSR count).